The average molecular weight is 415 g/mol. The third-order valence-corrected chi connectivity index (χ3v) is 4.90. The standard InChI is InChI=1S/C23H24F2N2O3/c1-15(18-9-5-7-17-6-3-4-8-19(17)18)26-14-22(28)27-13-16-10-11-20(30-23(24)25)21(12-16)29-2/h3-12,15,23,26H,13-14H2,1-2H3,(H,27,28)/p+1/t15-/m0/s1. The molecule has 0 aliphatic rings. The maximum absolute atomic E-state index is 12.4. The number of nitrogens with two attached hydrogens (primary N) is 1. The van der Waals surface area contributed by atoms with Crippen molar-refractivity contribution >= 4 is 16.7 Å². The monoisotopic (exact) mass is 415 g/mol. The predicted molar refractivity (Wildman–Crippen MR) is 111 cm³/mol. The minimum absolute atomic E-state index is 0.0418. The summed E-state index contributed by atoms with van der Waals surface area (Å²) in [5.41, 5.74) is 1.91. The SMILES string of the molecule is COc1cc(CNC(=O)C[NH2+][C@@H](C)c2cccc3ccccc23)ccc1OC(F)F. The van der Waals surface area contributed by atoms with Gasteiger partial charge in [0.05, 0.1) is 7.11 Å². The molecule has 0 aliphatic carbocycles. The third-order valence-electron chi connectivity index (χ3n) is 4.90. The van der Waals surface area contributed by atoms with Crippen molar-refractivity contribution in [1.29, 1.82) is 0 Å². The fourth-order valence-corrected chi connectivity index (χ4v) is 3.35. The maximum Gasteiger partial charge on any atom is 0.387 e. The van der Waals surface area contributed by atoms with Crippen LogP contribution in [0.25, 0.3) is 10.8 Å². The number of methoxy groups -OCH3 is 1. The predicted octanol–water partition coefficient (Wildman–Crippen LogP) is 3.39. The van der Waals surface area contributed by atoms with Crippen LogP contribution in [0.1, 0.15) is 24.1 Å². The second-order valence-electron chi connectivity index (χ2n) is 6.94. The molecule has 3 N–H and O–H groups in total. The molecule has 0 heterocycles. The fourth-order valence-electron chi connectivity index (χ4n) is 3.35. The first-order valence-corrected chi connectivity index (χ1v) is 9.67. The largest absolute Gasteiger partial charge is 0.493 e. The van der Waals surface area contributed by atoms with E-state index in [-0.39, 0.29) is 36.5 Å². The van der Waals surface area contributed by atoms with Crippen molar-refractivity contribution in [2.24, 2.45) is 0 Å². The first kappa shape index (κ1) is 21.5. The van der Waals surface area contributed by atoms with Gasteiger partial charge < -0.3 is 20.1 Å². The second kappa shape index (κ2) is 10.0. The number of ether oxygens (including phenoxy) is 2. The molecule has 30 heavy (non-hydrogen) atoms. The Morgan fingerprint density at radius 1 is 1.07 bits per heavy atom. The van der Waals surface area contributed by atoms with E-state index >= 15 is 0 Å². The van der Waals surface area contributed by atoms with Crippen molar-refractivity contribution in [3.63, 3.8) is 0 Å². The van der Waals surface area contributed by atoms with Gasteiger partial charge in [0.2, 0.25) is 0 Å². The zero-order chi connectivity index (χ0) is 21.5. The first-order valence-electron chi connectivity index (χ1n) is 9.67. The number of amides is 1. The van der Waals surface area contributed by atoms with E-state index in [4.69, 9.17) is 4.74 Å². The number of carbonyl (C=O) groups excluding carboxylic acids is 1. The smallest absolute Gasteiger partial charge is 0.387 e. The minimum Gasteiger partial charge on any atom is -0.493 e. The average Bonchev–Trinajstić information content (AvgIpc) is 2.75. The van der Waals surface area contributed by atoms with Crippen molar-refractivity contribution in [3.05, 3.63) is 71.8 Å². The Balaban J connectivity index is 1.55. The lowest BCUT2D eigenvalue weighted by molar-refractivity contribution is -0.682. The Hall–Kier alpha value is -3.19. The summed E-state index contributed by atoms with van der Waals surface area (Å²) in [6, 6.07) is 19.1. The Kier molecular flexibility index (Phi) is 7.19. The van der Waals surface area contributed by atoms with Gasteiger partial charge in [0.25, 0.3) is 5.91 Å². The summed E-state index contributed by atoms with van der Waals surface area (Å²) in [5, 5.41) is 7.18. The number of hydrogen-bond donors (Lipinski definition) is 2. The molecule has 0 radical (unpaired) electrons. The second-order valence-corrected chi connectivity index (χ2v) is 6.94. The summed E-state index contributed by atoms with van der Waals surface area (Å²) in [6.45, 7) is -0.320. The first-order chi connectivity index (χ1) is 14.5. The molecule has 0 unspecified atom stereocenters. The lowest BCUT2D eigenvalue weighted by atomic mass is 10.00. The zero-order valence-corrected chi connectivity index (χ0v) is 16.9. The van der Waals surface area contributed by atoms with Crippen LogP contribution in [-0.4, -0.2) is 26.2 Å². The Labute approximate surface area is 174 Å². The van der Waals surface area contributed by atoms with Crippen LogP contribution in [0.5, 0.6) is 11.5 Å². The van der Waals surface area contributed by atoms with Crippen molar-refractivity contribution in [2.75, 3.05) is 13.7 Å². The van der Waals surface area contributed by atoms with Crippen molar-refractivity contribution in [3.8, 4) is 11.5 Å². The summed E-state index contributed by atoms with van der Waals surface area (Å²) in [4.78, 5) is 12.3. The van der Waals surface area contributed by atoms with Crippen LogP contribution in [0.3, 0.4) is 0 Å². The molecule has 0 saturated heterocycles. The number of rotatable bonds is 9. The molecule has 0 bridgehead atoms. The van der Waals surface area contributed by atoms with Crippen LogP contribution < -0.4 is 20.1 Å². The van der Waals surface area contributed by atoms with E-state index in [1.807, 2.05) is 23.5 Å². The summed E-state index contributed by atoms with van der Waals surface area (Å²) >= 11 is 0. The number of hydrogen-bond acceptors (Lipinski definition) is 3. The lowest BCUT2D eigenvalue weighted by Crippen LogP contribution is -2.87. The van der Waals surface area contributed by atoms with Crippen LogP contribution in [-0.2, 0) is 11.3 Å². The minimum atomic E-state index is -2.93. The Morgan fingerprint density at radius 3 is 2.60 bits per heavy atom. The number of carbonyl (C=O) groups is 1. The van der Waals surface area contributed by atoms with E-state index < -0.39 is 6.61 Å². The number of quaternary nitrogens is 1. The number of halogens is 2. The highest BCUT2D eigenvalue weighted by Crippen LogP contribution is 2.29. The van der Waals surface area contributed by atoms with Gasteiger partial charge in [-0.15, -0.1) is 0 Å². The Bertz CT molecular complexity index is 1010. The maximum atomic E-state index is 12.4. The summed E-state index contributed by atoms with van der Waals surface area (Å²) < 4.78 is 34.3. The van der Waals surface area contributed by atoms with E-state index in [0.29, 0.717) is 0 Å². The van der Waals surface area contributed by atoms with Crippen LogP contribution in [0.15, 0.2) is 60.7 Å². The molecular formula is C23H25F2N2O3+. The number of nitrogens with one attached hydrogen (secondary N) is 1. The number of fused-ring (bicyclic) bond motifs is 1. The summed E-state index contributed by atoms with van der Waals surface area (Å²) in [7, 11) is 1.37. The van der Waals surface area contributed by atoms with Gasteiger partial charge in [0.15, 0.2) is 18.0 Å². The molecule has 158 valence electrons. The molecule has 3 aromatic rings. The number of alkyl halides is 2. The summed E-state index contributed by atoms with van der Waals surface area (Å²) in [6.07, 6.45) is 0. The highest BCUT2D eigenvalue weighted by Gasteiger charge is 2.15. The van der Waals surface area contributed by atoms with Gasteiger partial charge in [0.1, 0.15) is 6.04 Å². The van der Waals surface area contributed by atoms with Gasteiger partial charge in [-0.25, -0.2) is 0 Å². The molecule has 1 amide bonds. The van der Waals surface area contributed by atoms with Crippen LogP contribution in [0.2, 0.25) is 0 Å². The van der Waals surface area contributed by atoms with Crippen LogP contribution >= 0.6 is 0 Å². The molecule has 0 aliphatic heterocycles. The molecule has 7 heteroatoms. The van der Waals surface area contributed by atoms with Gasteiger partial charge in [-0.1, -0.05) is 48.5 Å². The van der Waals surface area contributed by atoms with Crippen LogP contribution in [0.4, 0.5) is 8.78 Å². The van der Waals surface area contributed by atoms with Crippen molar-refractivity contribution in [1.82, 2.24) is 5.32 Å². The molecule has 0 saturated carbocycles. The Morgan fingerprint density at radius 2 is 1.83 bits per heavy atom. The molecule has 0 aromatic heterocycles. The molecular weight excluding hydrogens is 390 g/mol. The van der Waals surface area contributed by atoms with E-state index in [9.17, 15) is 13.6 Å². The zero-order valence-electron chi connectivity index (χ0n) is 16.9. The molecule has 0 spiro atoms. The van der Waals surface area contributed by atoms with Gasteiger partial charge in [-0.2, -0.15) is 8.78 Å². The van der Waals surface area contributed by atoms with Gasteiger partial charge in [0, 0.05) is 12.1 Å². The normalized spacial score (nSPS) is 12.0. The van der Waals surface area contributed by atoms with Gasteiger partial charge in [-0.05, 0) is 35.4 Å². The van der Waals surface area contributed by atoms with Gasteiger partial charge in [-0.3, -0.25) is 4.79 Å². The number of benzene rings is 3. The van der Waals surface area contributed by atoms with E-state index in [1.165, 1.54) is 29.5 Å². The molecule has 5 nitrogen and oxygen atoms in total. The molecule has 3 rings (SSSR count). The van der Waals surface area contributed by atoms with Crippen molar-refractivity contribution in [2.45, 2.75) is 26.1 Å². The highest BCUT2D eigenvalue weighted by atomic mass is 19.3. The van der Waals surface area contributed by atoms with E-state index in [2.05, 4.69) is 41.2 Å². The van der Waals surface area contributed by atoms with Crippen molar-refractivity contribution < 1.29 is 28.4 Å². The molecule has 1 atom stereocenters. The fraction of sp³-hybridized carbons (Fsp3) is 0.261. The van der Waals surface area contributed by atoms with Crippen LogP contribution in [0, 0.1) is 0 Å². The summed E-state index contributed by atoms with van der Waals surface area (Å²) in [5.74, 6) is 0.0342. The molecule has 0 fully saturated rings. The quantitative estimate of drug-likeness (QED) is 0.563. The van der Waals surface area contributed by atoms with E-state index in [1.54, 1.807) is 12.1 Å². The molecule has 3 aromatic carbocycles. The highest BCUT2D eigenvalue weighted by molar-refractivity contribution is 5.86. The van der Waals surface area contributed by atoms with E-state index in [0.717, 1.165) is 5.56 Å². The van der Waals surface area contributed by atoms with Gasteiger partial charge >= 0.3 is 6.61 Å². The topological polar surface area (TPSA) is 64.2 Å². The lowest BCUT2D eigenvalue weighted by Gasteiger charge is -2.14. The third kappa shape index (κ3) is 5.45.